The molecule has 6 nitrogen and oxygen atoms in total. The highest BCUT2D eigenvalue weighted by atomic mass is 79.9. The summed E-state index contributed by atoms with van der Waals surface area (Å²) in [5.41, 5.74) is 6.65. The first kappa shape index (κ1) is 13.5. The van der Waals surface area contributed by atoms with Gasteiger partial charge >= 0.3 is 5.69 Å². The molecule has 2 rings (SSSR count). The minimum absolute atomic E-state index is 0.0831. The summed E-state index contributed by atoms with van der Waals surface area (Å²) >= 11 is 3.37. The lowest BCUT2D eigenvalue weighted by atomic mass is 10.1. The number of aromatic nitrogens is 2. The summed E-state index contributed by atoms with van der Waals surface area (Å²) < 4.78 is 2.48. The largest absolute Gasteiger partial charge is 0.378 e. The van der Waals surface area contributed by atoms with Crippen LogP contribution in [0.25, 0.3) is 0 Å². The quantitative estimate of drug-likeness (QED) is 0.691. The van der Waals surface area contributed by atoms with Crippen molar-refractivity contribution in [2.45, 2.75) is 19.4 Å². The van der Waals surface area contributed by atoms with Crippen LogP contribution in [0.4, 0.5) is 11.5 Å². The number of nitro groups is 1. The van der Waals surface area contributed by atoms with Gasteiger partial charge in [-0.1, -0.05) is 35.0 Å². The van der Waals surface area contributed by atoms with E-state index < -0.39 is 4.92 Å². The molecule has 0 fully saturated rings. The smallest absolute Gasteiger partial charge is 0.330 e. The van der Waals surface area contributed by atoms with Gasteiger partial charge in [-0.05, 0) is 24.1 Å². The molecule has 0 bridgehead atoms. The van der Waals surface area contributed by atoms with Crippen molar-refractivity contribution < 1.29 is 4.92 Å². The van der Waals surface area contributed by atoms with Gasteiger partial charge in [0.25, 0.3) is 0 Å². The van der Waals surface area contributed by atoms with Gasteiger partial charge in [0.2, 0.25) is 5.82 Å². The molecule has 0 amide bonds. The Hall–Kier alpha value is -1.89. The van der Waals surface area contributed by atoms with Crippen molar-refractivity contribution >= 4 is 27.4 Å². The maximum atomic E-state index is 10.8. The zero-order valence-electron chi connectivity index (χ0n) is 10.3. The minimum Gasteiger partial charge on any atom is -0.378 e. The number of anilines is 1. The molecule has 1 aromatic carbocycles. The van der Waals surface area contributed by atoms with E-state index in [1.807, 2.05) is 31.2 Å². The number of rotatable bonds is 4. The van der Waals surface area contributed by atoms with Crippen molar-refractivity contribution in [3.05, 3.63) is 50.6 Å². The second-order valence-electron chi connectivity index (χ2n) is 4.09. The molecule has 0 aliphatic heterocycles. The van der Waals surface area contributed by atoms with Crippen molar-refractivity contribution in [2.24, 2.45) is 0 Å². The number of benzene rings is 1. The van der Waals surface area contributed by atoms with Gasteiger partial charge in [-0.3, -0.25) is 10.1 Å². The third kappa shape index (κ3) is 2.60. The summed E-state index contributed by atoms with van der Waals surface area (Å²) in [6.45, 7) is 1.99. The summed E-state index contributed by atoms with van der Waals surface area (Å²) in [4.78, 5) is 10.3. The Morgan fingerprint density at radius 1 is 1.47 bits per heavy atom. The molecule has 2 aromatic rings. The summed E-state index contributed by atoms with van der Waals surface area (Å²) in [7, 11) is 0. The van der Waals surface area contributed by atoms with E-state index in [1.54, 1.807) is 0 Å². The average Bonchev–Trinajstić information content (AvgIpc) is 2.75. The van der Waals surface area contributed by atoms with Crippen LogP contribution in [0, 0.1) is 10.1 Å². The first-order chi connectivity index (χ1) is 9.04. The molecule has 0 spiro atoms. The molecule has 1 aromatic heterocycles. The van der Waals surface area contributed by atoms with Crippen molar-refractivity contribution in [3.8, 4) is 0 Å². The van der Waals surface area contributed by atoms with Crippen LogP contribution in [-0.4, -0.2) is 14.7 Å². The van der Waals surface area contributed by atoms with Gasteiger partial charge in [-0.15, -0.1) is 0 Å². The molecule has 0 saturated heterocycles. The van der Waals surface area contributed by atoms with Crippen LogP contribution < -0.4 is 5.73 Å². The standard InChI is InChI=1S/C12H13BrN4O2/c1-2-10(8-3-5-9(13)6-4-8)16-12(14)11(7-15-16)17(18)19/h3-7,10H,2,14H2,1H3. The summed E-state index contributed by atoms with van der Waals surface area (Å²) in [6, 6.07) is 7.64. The van der Waals surface area contributed by atoms with Crippen molar-refractivity contribution in [1.82, 2.24) is 9.78 Å². The van der Waals surface area contributed by atoms with E-state index in [9.17, 15) is 10.1 Å². The summed E-state index contributed by atoms with van der Waals surface area (Å²) in [6.07, 6.45) is 1.93. The highest BCUT2D eigenvalue weighted by Gasteiger charge is 2.22. The molecule has 0 aliphatic rings. The van der Waals surface area contributed by atoms with Gasteiger partial charge < -0.3 is 5.73 Å². The maximum absolute atomic E-state index is 10.8. The molecule has 2 N–H and O–H groups in total. The average molecular weight is 325 g/mol. The van der Waals surface area contributed by atoms with E-state index in [-0.39, 0.29) is 17.5 Å². The van der Waals surface area contributed by atoms with Gasteiger partial charge in [-0.25, -0.2) is 4.68 Å². The van der Waals surface area contributed by atoms with E-state index in [2.05, 4.69) is 21.0 Å². The predicted molar refractivity (Wildman–Crippen MR) is 75.9 cm³/mol. The number of nitrogen functional groups attached to an aromatic ring is 1. The lowest BCUT2D eigenvalue weighted by Crippen LogP contribution is -2.14. The summed E-state index contributed by atoms with van der Waals surface area (Å²) in [5.74, 6) is 0.0831. The van der Waals surface area contributed by atoms with Gasteiger partial charge in [0, 0.05) is 4.47 Å². The Kier molecular flexibility index (Phi) is 3.84. The van der Waals surface area contributed by atoms with Crippen LogP contribution in [-0.2, 0) is 0 Å². The zero-order valence-corrected chi connectivity index (χ0v) is 11.9. The fourth-order valence-corrected chi connectivity index (χ4v) is 2.25. The van der Waals surface area contributed by atoms with Gasteiger partial charge in [-0.2, -0.15) is 5.10 Å². The van der Waals surface area contributed by atoms with Crippen LogP contribution in [0.5, 0.6) is 0 Å². The van der Waals surface area contributed by atoms with E-state index in [4.69, 9.17) is 5.73 Å². The number of nitrogens with zero attached hydrogens (tertiary/aromatic N) is 3. The molecule has 0 aliphatic carbocycles. The number of hydrogen-bond acceptors (Lipinski definition) is 4. The van der Waals surface area contributed by atoms with Crippen molar-refractivity contribution in [3.63, 3.8) is 0 Å². The number of halogens is 1. The Balaban J connectivity index is 2.42. The summed E-state index contributed by atoms with van der Waals surface area (Å²) in [5, 5.41) is 14.8. The fraction of sp³-hybridized carbons (Fsp3) is 0.250. The third-order valence-electron chi connectivity index (χ3n) is 2.95. The van der Waals surface area contributed by atoms with Gasteiger partial charge in [0.15, 0.2) is 0 Å². The molecular weight excluding hydrogens is 312 g/mol. The van der Waals surface area contributed by atoms with Crippen LogP contribution in [0.15, 0.2) is 34.9 Å². The highest BCUT2D eigenvalue weighted by Crippen LogP contribution is 2.29. The van der Waals surface area contributed by atoms with Gasteiger partial charge in [0.05, 0.1) is 11.0 Å². The monoisotopic (exact) mass is 324 g/mol. The molecule has 1 unspecified atom stereocenters. The lowest BCUT2D eigenvalue weighted by Gasteiger charge is -2.17. The second-order valence-corrected chi connectivity index (χ2v) is 5.01. The Bertz CT molecular complexity index is 594. The molecule has 1 atom stereocenters. The first-order valence-electron chi connectivity index (χ1n) is 5.77. The van der Waals surface area contributed by atoms with Gasteiger partial charge in [0.1, 0.15) is 6.20 Å². The van der Waals surface area contributed by atoms with E-state index >= 15 is 0 Å². The normalized spacial score (nSPS) is 12.3. The third-order valence-corrected chi connectivity index (χ3v) is 3.48. The van der Waals surface area contributed by atoms with Crippen molar-refractivity contribution in [1.29, 1.82) is 0 Å². The predicted octanol–water partition coefficient (Wildman–Crippen LogP) is 3.14. The Morgan fingerprint density at radius 3 is 2.58 bits per heavy atom. The SMILES string of the molecule is CCC(c1ccc(Br)cc1)n1ncc([N+](=O)[O-])c1N. The van der Waals surface area contributed by atoms with Crippen LogP contribution in [0.3, 0.4) is 0 Å². The molecule has 100 valence electrons. The molecule has 0 saturated carbocycles. The van der Waals surface area contributed by atoms with E-state index in [0.717, 1.165) is 16.5 Å². The Labute approximate surface area is 118 Å². The zero-order chi connectivity index (χ0) is 14.0. The molecule has 19 heavy (non-hydrogen) atoms. The fourth-order valence-electron chi connectivity index (χ4n) is 1.99. The molecule has 1 heterocycles. The lowest BCUT2D eigenvalue weighted by molar-refractivity contribution is -0.384. The van der Waals surface area contributed by atoms with Crippen molar-refractivity contribution in [2.75, 3.05) is 5.73 Å². The molecule has 0 radical (unpaired) electrons. The second kappa shape index (κ2) is 5.40. The van der Waals surface area contributed by atoms with E-state index in [1.165, 1.54) is 10.9 Å². The van der Waals surface area contributed by atoms with Crippen LogP contribution in [0.2, 0.25) is 0 Å². The first-order valence-corrected chi connectivity index (χ1v) is 6.56. The Morgan fingerprint density at radius 2 is 2.11 bits per heavy atom. The number of hydrogen-bond donors (Lipinski definition) is 1. The minimum atomic E-state index is -0.521. The van der Waals surface area contributed by atoms with Crippen LogP contribution >= 0.6 is 15.9 Å². The number of nitrogens with two attached hydrogens (primary N) is 1. The molecule has 7 heteroatoms. The van der Waals surface area contributed by atoms with E-state index in [0.29, 0.717) is 0 Å². The maximum Gasteiger partial charge on any atom is 0.330 e. The van der Waals surface area contributed by atoms with Crippen LogP contribution in [0.1, 0.15) is 24.9 Å². The molecular formula is C12H13BrN4O2. The highest BCUT2D eigenvalue weighted by molar-refractivity contribution is 9.10. The topological polar surface area (TPSA) is 87.0 Å².